The molecule has 0 spiro atoms. The number of nitrogens with one attached hydrogen (secondary N) is 1. The van der Waals surface area contributed by atoms with Gasteiger partial charge in [-0.1, -0.05) is 29.8 Å². The molecule has 1 saturated heterocycles. The topological polar surface area (TPSA) is 50.2 Å². The first-order chi connectivity index (χ1) is 12.5. The second-order valence-electron chi connectivity index (χ2n) is 6.42. The molecule has 3 aromatic rings. The maximum absolute atomic E-state index is 13.7. The largest absolute Gasteiger partial charge is 0.353 e. The number of amides is 1. The van der Waals surface area contributed by atoms with Gasteiger partial charge in [-0.25, -0.2) is 4.39 Å². The Hall–Kier alpha value is -2.44. The van der Waals surface area contributed by atoms with Crippen LogP contribution in [0.25, 0.3) is 10.9 Å². The quantitative estimate of drug-likeness (QED) is 0.768. The third kappa shape index (κ3) is 2.95. The molecule has 0 radical (unpaired) electrons. The first-order valence-corrected chi connectivity index (χ1v) is 8.79. The van der Waals surface area contributed by atoms with E-state index in [1.54, 1.807) is 16.8 Å². The van der Waals surface area contributed by atoms with Crippen LogP contribution in [0.15, 0.2) is 42.5 Å². The van der Waals surface area contributed by atoms with E-state index in [1.165, 1.54) is 12.1 Å². The van der Waals surface area contributed by atoms with E-state index in [-0.39, 0.29) is 11.7 Å². The summed E-state index contributed by atoms with van der Waals surface area (Å²) in [6, 6.07) is 11.3. The first kappa shape index (κ1) is 17.0. The maximum Gasteiger partial charge on any atom is 0.242 e. The van der Waals surface area contributed by atoms with Crippen LogP contribution in [-0.2, 0) is 18.4 Å². The van der Waals surface area contributed by atoms with E-state index < -0.39 is 6.04 Å². The van der Waals surface area contributed by atoms with Crippen LogP contribution >= 0.6 is 11.6 Å². The maximum atomic E-state index is 13.7. The highest BCUT2D eigenvalue weighted by molar-refractivity contribution is 6.35. The molecule has 26 heavy (non-hydrogen) atoms. The number of piperazine rings is 1. The summed E-state index contributed by atoms with van der Waals surface area (Å²) in [5.41, 5.74) is 2.38. The molecule has 0 unspecified atom stereocenters. The molecule has 1 aromatic heterocycles. The summed E-state index contributed by atoms with van der Waals surface area (Å²) in [7, 11) is 1.87. The zero-order valence-corrected chi connectivity index (χ0v) is 15.0. The molecule has 1 amide bonds. The van der Waals surface area contributed by atoms with Crippen molar-refractivity contribution in [2.24, 2.45) is 7.05 Å². The Morgan fingerprint density at radius 1 is 1.31 bits per heavy atom. The first-order valence-electron chi connectivity index (χ1n) is 8.42. The molecule has 4 rings (SSSR count). The predicted octanol–water partition coefficient (Wildman–Crippen LogP) is 3.04. The molecule has 0 bridgehead atoms. The average molecular weight is 373 g/mol. The summed E-state index contributed by atoms with van der Waals surface area (Å²) in [6.45, 7) is 1.65. The molecule has 2 heterocycles. The van der Waals surface area contributed by atoms with Crippen LogP contribution in [0.3, 0.4) is 0 Å². The minimum atomic E-state index is -0.556. The fourth-order valence-electron chi connectivity index (χ4n) is 3.58. The number of aryl methyl sites for hydroxylation is 1. The lowest BCUT2D eigenvalue weighted by Crippen LogP contribution is -2.49. The summed E-state index contributed by atoms with van der Waals surface area (Å²) < 4.78 is 15.5. The molecule has 1 aliphatic heterocycles. The number of halogens is 2. The number of aromatic nitrogens is 2. The van der Waals surface area contributed by atoms with E-state index in [4.69, 9.17) is 11.6 Å². The minimum absolute atomic E-state index is 0.131. The Labute approximate surface area is 155 Å². The van der Waals surface area contributed by atoms with E-state index in [9.17, 15) is 9.18 Å². The Morgan fingerprint density at radius 3 is 2.92 bits per heavy atom. The van der Waals surface area contributed by atoms with Gasteiger partial charge >= 0.3 is 0 Å². The second-order valence-corrected chi connectivity index (χ2v) is 6.83. The smallest absolute Gasteiger partial charge is 0.242 e. The molecule has 7 heteroatoms. The lowest BCUT2D eigenvalue weighted by Gasteiger charge is -2.34. The molecular weight excluding hydrogens is 355 g/mol. The van der Waals surface area contributed by atoms with Crippen molar-refractivity contribution in [1.82, 2.24) is 20.0 Å². The molecule has 1 atom stereocenters. The van der Waals surface area contributed by atoms with Crippen molar-refractivity contribution in [3.8, 4) is 0 Å². The van der Waals surface area contributed by atoms with E-state index in [1.807, 2.05) is 30.1 Å². The van der Waals surface area contributed by atoms with Crippen molar-refractivity contribution < 1.29 is 9.18 Å². The zero-order valence-electron chi connectivity index (χ0n) is 14.2. The Kier molecular flexibility index (Phi) is 4.38. The van der Waals surface area contributed by atoms with Gasteiger partial charge in [0.1, 0.15) is 11.9 Å². The van der Waals surface area contributed by atoms with Crippen LogP contribution in [0.4, 0.5) is 4.39 Å². The fourth-order valence-corrected chi connectivity index (χ4v) is 3.86. The van der Waals surface area contributed by atoms with Crippen molar-refractivity contribution in [3.63, 3.8) is 0 Å². The van der Waals surface area contributed by atoms with E-state index in [0.717, 1.165) is 16.6 Å². The molecule has 1 N–H and O–H groups in total. The van der Waals surface area contributed by atoms with Crippen LogP contribution in [-0.4, -0.2) is 33.7 Å². The standard InChI is InChI=1S/C19H18ClFN4O/c1-24-16-7-3-6-14(20)17(16)15(23-24)11-25-9-8-22-19(26)18(25)12-4-2-5-13(21)10-12/h2-7,10,18H,8-9,11H2,1H3,(H,22,26)/t18-/m0/s1. The number of carbonyl (C=O) groups excluding carboxylic acids is 1. The van der Waals surface area contributed by atoms with Crippen LogP contribution < -0.4 is 5.32 Å². The SMILES string of the molecule is Cn1nc(CN2CCNC(=O)[C@@H]2c2cccc(F)c2)c2c(Cl)cccc21. The van der Waals surface area contributed by atoms with Crippen molar-refractivity contribution in [2.45, 2.75) is 12.6 Å². The number of rotatable bonds is 3. The van der Waals surface area contributed by atoms with Gasteiger partial charge < -0.3 is 5.32 Å². The van der Waals surface area contributed by atoms with Crippen molar-refractivity contribution >= 4 is 28.4 Å². The van der Waals surface area contributed by atoms with Gasteiger partial charge in [0.25, 0.3) is 0 Å². The molecular formula is C19H18ClFN4O. The summed E-state index contributed by atoms with van der Waals surface area (Å²) in [5.74, 6) is -0.486. The number of hydrogen-bond acceptors (Lipinski definition) is 3. The highest BCUT2D eigenvalue weighted by Gasteiger charge is 2.32. The normalized spacial score (nSPS) is 18.3. The average Bonchev–Trinajstić information content (AvgIpc) is 2.92. The van der Waals surface area contributed by atoms with Crippen molar-refractivity contribution in [2.75, 3.05) is 13.1 Å². The fraction of sp³-hybridized carbons (Fsp3) is 0.263. The van der Waals surface area contributed by atoms with Gasteiger partial charge in [0.2, 0.25) is 5.91 Å². The highest BCUT2D eigenvalue weighted by Crippen LogP contribution is 2.30. The molecule has 1 fully saturated rings. The zero-order chi connectivity index (χ0) is 18.3. The van der Waals surface area contributed by atoms with Crippen LogP contribution in [0.1, 0.15) is 17.3 Å². The number of fused-ring (bicyclic) bond motifs is 1. The number of nitrogens with zero attached hydrogens (tertiary/aromatic N) is 3. The third-order valence-electron chi connectivity index (χ3n) is 4.73. The summed E-state index contributed by atoms with van der Waals surface area (Å²) in [5, 5.41) is 8.99. The predicted molar refractivity (Wildman–Crippen MR) is 98.3 cm³/mol. The monoisotopic (exact) mass is 372 g/mol. The Bertz CT molecular complexity index is 987. The molecule has 2 aromatic carbocycles. The lowest BCUT2D eigenvalue weighted by atomic mass is 10.0. The number of carbonyl (C=O) groups is 1. The van der Waals surface area contributed by atoms with Gasteiger partial charge in [0.15, 0.2) is 0 Å². The van der Waals surface area contributed by atoms with Gasteiger partial charge in [0, 0.05) is 32.1 Å². The number of hydrogen-bond donors (Lipinski definition) is 1. The van der Waals surface area contributed by atoms with Crippen LogP contribution in [0.2, 0.25) is 5.02 Å². The van der Waals surface area contributed by atoms with Crippen molar-refractivity contribution in [3.05, 3.63) is 64.6 Å². The van der Waals surface area contributed by atoms with Crippen molar-refractivity contribution in [1.29, 1.82) is 0 Å². The summed E-state index contributed by atoms with van der Waals surface area (Å²) in [6.07, 6.45) is 0. The molecule has 0 saturated carbocycles. The summed E-state index contributed by atoms with van der Waals surface area (Å²) in [4.78, 5) is 14.5. The Balaban J connectivity index is 1.73. The summed E-state index contributed by atoms with van der Waals surface area (Å²) >= 11 is 6.40. The molecule has 1 aliphatic rings. The Morgan fingerprint density at radius 2 is 2.12 bits per heavy atom. The van der Waals surface area contributed by atoms with Gasteiger partial charge in [-0.2, -0.15) is 5.10 Å². The van der Waals surface area contributed by atoms with Gasteiger partial charge in [-0.3, -0.25) is 14.4 Å². The molecule has 5 nitrogen and oxygen atoms in total. The second kappa shape index (κ2) is 6.70. The van der Waals surface area contributed by atoms with E-state index in [2.05, 4.69) is 10.4 Å². The van der Waals surface area contributed by atoms with E-state index >= 15 is 0 Å². The van der Waals surface area contributed by atoms with Gasteiger partial charge in [-0.05, 0) is 29.8 Å². The van der Waals surface area contributed by atoms with E-state index in [0.29, 0.717) is 30.2 Å². The number of benzene rings is 2. The van der Waals surface area contributed by atoms with Gasteiger partial charge in [-0.15, -0.1) is 0 Å². The molecule has 0 aliphatic carbocycles. The van der Waals surface area contributed by atoms with Crippen LogP contribution in [0.5, 0.6) is 0 Å². The highest BCUT2D eigenvalue weighted by atomic mass is 35.5. The minimum Gasteiger partial charge on any atom is -0.353 e. The van der Waals surface area contributed by atoms with Gasteiger partial charge in [0.05, 0.1) is 16.2 Å². The molecule has 134 valence electrons. The third-order valence-corrected chi connectivity index (χ3v) is 5.04. The lowest BCUT2D eigenvalue weighted by molar-refractivity contribution is -0.129. The van der Waals surface area contributed by atoms with Crippen LogP contribution in [0, 0.1) is 5.82 Å².